The van der Waals surface area contributed by atoms with Gasteiger partial charge in [0.25, 0.3) is 0 Å². The van der Waals surface area contributed by atoms with Gasteiger partial charge in [0.05, 0.1) is 0 Å². The van der Waals surface area contributed by atoms with Crippen molar-refractivity contribution in [1.82, 2.24) is 10.2 Å². The molecule has 1 aliphatic rings. The first-order valence-electron chi connectivity index (χ1n) is 5.70. The predicted octanol–water partition coefficient (Wildman–Crippen LogP) is -0.368. The lowest BCUT2D eigenvalue weighted by Gasteiger charge is -2.23. The van der Waals surface area contributed by atoms with Crippen LogP contribution in [-0.4, -0.2) is 56.4 Å². The second-order valence-corrected chi connectivity index (χ2v) is 6.63. The first kappa shape index (κ1) is 13.4. The number of hydrogen-bond acceptors (Lipinski definition) is 4. The normalized spacial score (nSPS) is 20.2. The van der Waals surface area contributed by atoms with E-state index in [-0.39, 0.29) is 11.7 Å². The molecule has 0 aliphatic carbocycles. The molecule has 1 amide bonds. The van der Waals surface area contributed by atoms with E-state index in [2.05, 4.69) is 5.32 Å². The van der Waals surface area contributed by atoms with Crippen LogP contribution in [0.15, 0.2) is 0 Å². The standard InChI is InChI=1S/C10H20N2O3S/c1-3-16(14,15)9(2)10(13)12-7-4-5-11-6-8-12/h9,11H,3-8H2,1-2H3/t9-/m0/s1. The lowest BCUT2D eigenvalue weighted by Crippen LogP contribution is -2.43. The van der Waals surface area contributed by atoms with Gasteiger partial charge < -0.3 is 10.2 Å². The van der Waals surface area contributed by atoms with Crippen molar-refractivity contribution in [2.75, 3.05) is 31.9 Å². The number of carbonyl (C=O) groups is 1. The molecule has 6 heteroatoms. The third-order valence-electron chi connectivity index (χ3n) is 2.94. The minimum absolute atomic E-state index is 0.0198. The largest absolute Gasteiger partial charge is 0.340 e. The van der Waals surface area contributed by atoms with Crippen molar-refractivity contribution in [1.29, 1.82) is 0 Å². The van der Waals surface area contributed by atoms with Crippen LogP contribution >= 0.6 is 0 Å². The second kappa shape index (κ2) is 5.63. The fourth-order valence-electron chi connectivity index (χ4n) is 1.73. The van der Waals surface area contributed by atoms with Crippen molar-refractivity contribution in [3.05, 3.63) is 0 Å². The Labute approximate surface area is 97.1 Å². The monoisotopic (exact) mass is 248 g/mol. The van der Waals surface area contributed by atoms with Gasteiger partial charge in [0.15, 0.2) is 9.84 Å². The van der Waals surface area contributed by atoms with Gasteiger partial charge in [-0.15, -0.1) is 0 Å². The van der Waals surface area contributed by atoms with Gasteiger partial charge in [-0.1, -0.05) is 6.92 Å². The Morgan fingerprint density at radius 1 is 1.38 bits per heavy atom. The summed E-state index contributed by atoms with van der Waals surface area (Å²) < 4.78 is 23.2. The number of sulfone groups is 1. The zero-order valence-electron chi connectivity index (χ0n) is 9.90. The Morgan fingerprint density at radius 3 is 2.69 bits per heavy atom. The van der Waals surface area contributed by atoms with E-state index < -0.39 is 15.1 Å². The molecule has 0 radical (unpaired) electrons. The highest BCUT2D eigenvalue weighted by Crippen LogP contribution is 2.08. The Balaban J connectivity index is 2.69. The number of amides is 1. The molecule has 5 nitrogen and oxygen atoms in total. The summed E-state index contributed by atoms with van der Waals surface area (Å²) in [6.07, 6.45) is 0.880. The topological polar surface area (TPSA) is 66.5 Å². The molecule has 0 bridgehead atoms. The van der Waals surface area contributed by atoms with E-state index in [9.17, 15) is 13.2 Å². The van der Waals surface area contributed by atoms with Crippen LogP contribution < -0.4 is 5.32 Å². The molecule has 1 saturated heterocycles. The molecule has 1 rings (SSSR count). The van der Waals surface area contributed by atoms with Crippen molar-refractivity contribution in [2.24, 2.45) is 0 Å². The van der Waals surface area contributed by atoms with Gasteiger partial charge in [0.1, 0.15) is 5.25 Å². The molecule has 1 fully saturated rings. The Kier molecular flexibility index (Phi) is 4.73. The maximum absolute atomic E-state index is 12.0. The zero-order chi connectivity index (χ0) is 12.2. The number of nitrogens with one attached hydrogen (secondary N) is 1. The van der Waals surface area contributed by atoms with Crippen LogP contribution in [0.25, 0.3) is 0 Å². The summed E-state index contributed by atoms with van der Waals surface area (Å²) in [5, 5.41) is 2.27. The smallest absolute Gasteiger partial charge is 0.240 e. The zero-order valence-corrected chi connectivity index (χ0v) is 10.7. The summed E-state index contributed by atoms with van der Waals surface area (Å²) in [6.45, 7) is 5.93. The van der Waals surface area contributed by atoms with E-state index in [1.54, 1.807) is 11.8 Å². The van der Waals surface area contributed by atoms with E-state index in [1.165, 1.54) is 6.92 Å². The summed E-state index contributed by atoms with van der Waals surface area (Å²) in [6, 6.07) is 0. The molecule has 0 spiro atoms. The van der Waals surface area contributed by atoms with E-state index >= 15 is 0 Å². The van der Waals surface area contributed by atoms with Gasteiger partial charge in [0.2, 0.25) is 5.91 Å². The van der Waals surface area contributed by atoms with Crippen LogP contribution in [-0.2, 0) is 14.6 Å². The molecule has 1 heterocycles. The molecule has 0 aromatic heterocycles. The lowest BCUT2D eigenvalue weighted by atomic mass is 10.3. The third kappa shape index (κ3) is 3.18. The molecule has 1 N–H and O–H groups in total. The number of carbonyl (C=O) groups excluding carboxylic acids is 1. The van der Waals surface area contributed by atoms with Crippen LogP contribution in [0.5, 0.6) is 0 Å². The van der Waals surface area contributed by atoms with Crippen LogP contribution in [0.3, 0.4) is 0 Å². The predicted molar refractivity (Wildman–Crippen MR) is 63.0 cm³/mol. The SMILES string of the molecule is CCS(=O)(=O)[C@@H](C)C(=O)N1CCCNCC1. The molecular formula is C10H20N2O3S. The fraction of sp³-hybridized carbons (Fsp3) is 0.900. The van der Waals surface area contributed by atoms with Crippen LogP contribution in [0.4, 0.5) is 0 Å². The summed E-state index contributed by atoms with van der Waals surface area (Å²) in [4.78, 5) is 13.6. The summed E-state index contributed by atoms with van der Waals surface area (Å²) in [5.74, 6) is -0.239. The molecule has 1 aliphatic heterocycles. The Morgan fingerprint density at radius 2 is 2.06 bits per heavy atom. The van der Waals surface area contributed by atoms with E-state index in [4.69, 9.17) is 0 Å². The lowest BCUT2D eigenvalue weighted by molar-refractivity contribution is -0.130. The van der Waals surface area contributed by atoms with Gasteiger partial charge in [0, 0.05) is 25.4 Å². The van der Waals surface area contributed by atoms with Crippen molar-refractivity contribution >= 4 is 15.7 Å². The van der Waals surface area contributed by atoms with Crippen molar-refractivity contribution in [2.45, 2.75) is 25.5 Å². The van der Waals surface area contributed by atoms with Crippen molar-refractivity contribution in [3.8, 4) is 0 Å². The van der Waals surface area contributed by atoms with Gasteiger partial charge in [-0.2, -0.15) is 0 Å². The average molecular weight is 248 g/mol. The highest BCUT2D eigenvalue weighted by molar-refractivity contribution is 7.92. The van der Waals surface area contributed by atoms with E-state index in [0.29, 0.717) is 13.1 Å². The molecule has 0 saturated carbocycles. The molecule has 0 aromatic rings. The summed E-state index contributed by atoms with van der Waals surface area (Å²) >= 11 is 0. The van der Waals surface area contributed by atoms with Gasteiger partial charge in [-0.3, -0.25) is 4.79 Å². The minimum Gasteiger partial charge on any atom is -0.340 e. The van der Waals surface area contributed by atoms with Gasteiger partial charge in [-0.25, -0.2) is 8.42 Å². The highest BCUT2D eigenvalue weighted by Gasteiger charge is 2.30. The Bertz CT molecular complexity index is 332. The van der Waals surface area contributed by atoms with E-state index in [0.717, 1.165) is 19.5 Å². The van der Waals surface area contributed by atoms with Crippen LogP contribution in [0, 0.1) is 0 Å². The summed E-state index contributed by atoms with van der Waals surface area (Å²) in [7, 11) is -3.27. The van der Waals surface area contributed by atoms with Gasteiger partial charge >= 0.3 is 0 Å². The maximum atomic E-state index is 12.0. The summed E-state index contributed by atoms with van der Waals surface area (Å²) in [5.41, 5.74) is 0. The molecule has 0 aromatic carbocycles. The van der Waals surface area contributed by atoms with Crippen LogP contribution in [0.2, 0.25) is 0 Å². The fourth-order valence-corrected chi connectivity index (χ4v) is 2.68. The number of nitrogens with zero attached hydrogens (tertiary/aromatic N) is 1. The molecule has 1 atom stereocenters. The first-order valence-corrected chi connectivity index (χ1v) is 7.41. The number of rotatable bonds is 3. The van der Waals surface area contributed by atoms with Crippen LogP contribution in [0.1, 0.15) is 20.3 Å². The first-order chi connectivity index (χ1) is 7.49. The van der Waals surface area contributed by atoms with Crippen molar-refractivity contribution in [3.63, 3.8) is 0 Å². The maximum Gasteiger partial charge on any atom is 0.240 e. The van der Waals surface area contributed by atoms with Gasteiger partial charge in [-0.05, 0) is 19.9 Å². The second-order valence-electron chi connectivity index (χ2n) is 4.02. The van der Waals surface area contributed by atoms with Crippen molar-refractivity contribution < 1.29 is 13.2 Å². The highest BCUT2D eigenvalue weighted by atomic mass is 32.2. The third-order valence-corrected chi connectivity index (χ3v) is 5.02. The molecule has 0 unspecified atom stereocenters. The Hall–Kier alpha value is -0.620. The average Bonchev–Trinajstić information content (AvgIpc) is 2.55. The number of hydrogen-bond donors (Lipinski definition) is 1. The molecule has 16 heavy (non-hydrogen) atoms. The minimum atomic E-state index is -3.27. The van der Waals surface area contributed by atoms with E-state index in [1.807, 2.05) is 0 Å². The molecule has 94 valence electrons. The quantitative estimate of drug-likeness (QED) is 0.740. The molecular weight excluding hydrogens is 228 g/mol.